The molecule has 0 saturated carbocycles. The molecule has 0 aliphatic carbocycles. The van der Waals surface area contributed by atoms with E-state index in [-0.39, 0.29) is 0 Å². The summed E-state index contributed by atoms with van der Waals surface area (Å²) < 4.78 is 5.18. The van der Waals surface area contributed by atoms with Gasteiger partial charge in [-0.3, -0.25) is 0 Å². The summed E-state index contributed by atoms with van der Waals surface area (Å²) in [7, 11) is 3.74. The second-order valence-corrected chi connectivity index (χ2v) is 5.33. The molecule has 2 atom stereocenters. The number of likely N-dealkylation sites (tertiary alicyclic amines) is 1. The van der Waals surface area contributed by atoms with Crippen LogP contribution in [0.1, 0.15) is 12.0 Å². The van der Waals surface area contributed by atoms with Gasteiger partial charge in [0.1, 0.15) is 11.6 Å². The molecule has 0 spiro atoms. The largest absolute Gasteiger partial charge is 0.480 e. The van der Waals surface area contributed by atoms with E-state index in [0.29, 0.717) is 17.5 Å². The highest BCUT2D eigenvalue weighted by Gasteiger charge is 2.40. The molecule has 1 aromatic heterocycles. The number of likely N-dealkylation sites (N-methyl/N-ethyl adjacent to an activating group) is 1. The Morgan fingerprint density at radius 2 is 2.32 bits per heavy atom. The molecule has 0 amide bonds. The van der Waals surface area contributed by atoms with Crippen LogP contribution < -0.4 is 9.64 Å². The minimum atomic E-state index is 0.422. The molecule has 2 aliphatic heterocycles. The van der Waals surface area contributed by atoms with E-state index in [9.17, 15) is 5.26 Å². The Morgan fingerprint density at radius 3 is 3.00 bits per heavy atom. The maximum atomic E-state index is 9.34. The predicted molar refractivity (Wildman–Crippen MR) is 72.2 cm³/mol. The molecule has 5 heteroatoms. The van der Waals surface area contributed by atoms with Gasteiger partial charge in [0.2, 0.25) is 5.88 Å². The van der Waals surface area contributed by atoms with E-state index in [1.54, 1.807) is 13.3 Å². The highest BCUT2D eigenvalue weighted by atomic mass is 16.5. The van der Waals surface area contributed by atoms with E-state index >= 15 is 0 Å². The second kappa shape index (κ2) is 4.71. The van der Waals surface area contributed by atoms with Gasteiger partial charge < -0.3 is 14.5 Å². The fourth-order valence-electron chi connectivity index (χ4n) is 3.33. The maximum Gasteiger partial charge on any atom is 0.233 e. The lowest BCUT2D eigenvalue weighted by molar-refractivity contribution is 0.310. The number of nitrogens with zero attached hydrogens (tertiary/aromatic N) is 4. The van der Waals surface area contributed by atoms with Crippen LogP contribution in [0.2, 0.25) is 0 Å². The first-order valence-corrected chi connectivity index (χ1v) is 6.63. The van der Waals surface area contributed by atoms with Crippen LogP contribution in [0.15, 0.2) is 12.3 Å². The molecule has 2 saturated heterocycles. The average Bonchev–Trinajstić information content (AvgIpc) is 3.00. The third-order valence-corrected chi connectivity index (χ3v) is 4.37. The van der Waals surface area contributed by atoms with Gasteiger partial charge in [-0.1, -0.05) is 0 Å². The van der Waals surface area contributed by atoms with E-state index < -0.39 is 0 Å². The third kappa shape index (κ3) is 1.92. The van der Waals surface area contributed by atoms with Crippen LogP contribution in [0.3, 0.4) is 0 Å². The van der Waals surface area contributed by atoms with Crippen LogP contribution in [0, 0.1) is 17.2 Å². The van der Waals surface area contributed by atoms with Crippen LogP contribution in [-0.4, -0.2) is 49.7 Å². The number of hydrogen-bond acceptors (Lipinski definition) is 5. The van der Waals surface area contributed by atoms with Crippen molar-refractivity contribution in [2.45, 2.75) is 12.5 Å². The number of nitriles is 1. The van der Waals surface area contributed by atoms with Crippen molar-refractivity contribution in [3.63, 3.8) is 0 Å². The summed E-state index contributed by atoms with van der Waals surface area (Å²) in [6.07, 6.45) is 2.97. The average molecular weight is 258 g/mol. The van der Waals surface area contributed by atoms with Gasteiger partial charge in [-0.05, 0) is 32.0 Å². The van der Waals surface area contributed by atoms with E-state index in [1.165, 1.54) is 13.0 Å². The molecular weight excluding hydrogens is 240 g/mol. The van der Waals surface area contributed by atoms with Crippen LogP contribution >= 0.6 is 0 Å². The van der Waals surface area contributed by atoms with Gasteiger partial charge in [0.05, 0.1) is 12.8 Å². The minimum absolute atomic E-state index is 0.422. The number of anilines is 1. The van der Waals surface area contributed by atoms with Gasteiger partial charge in [0, 0.05) is 25.3 Å². The standard InChI is InChI=1S/C14H18N4O/c1-17-6-4-10-8-18(9-13(10)17)12-3-5-16-14(19-2)11(12)7-15/h3,5,10,13H,4,6,8-9H2,1-2H3/t10-,13+/m0/s1. The summed E-state index contributed by atoms with van der Waals surface area (Å²) in [6, 6.07) is 4.76. The summed E-state index contributed by atoms with van der Waals surface area (Å²) in [5.41, 5.74) is 1.50. The first kappa shape index (κ1) is 12.2. The van der Waals surface area contributed by atoms with E-state index in [1.807, 2.05) is 6.07 Å². The van der Waals surface area contributed by atoms with E-state index in [4.69, 9.17) is 4.74 Å². The smallest absolute Gasteiger partial charge is 0.233 e. The first-order valence-electron chi connectivity index (χ1n) is 6.63. The van der Waals surface area contributed by atoms with Crippen molar-refractivity contribution in [3.05, 3.63) is 17.8 Å². The number of rotatable bonds is 2. The molecule has 2 aliphatic rings. The van der Waals surface area contributed by atoms with Crippen LogP contribution in [-0.2, 0) is 0 Å². The molecule has 0 aromatic carbocycles. The molecular formula is C14H18N4O. The van der Waals surface area contributed by atoms with Gasteiger partial charge in [-0.2, -0.15) is 5.26 Å². The van der Waals surface area contributed by atoms with E-state index in [2.05, 4.69) is 27.9 Å². The maximum absolute atomic E-state index is 9.34. The second-order valence-electron chi connectivity index (χ2n) is 5.33. The Balaban J connectivity index is 1.90. The summed E-state index contributed by atoms with van der Waals surface area (Å²) in [5, 5.41) is 9.34. The molecule has 5 nitrogen and oxygen atoms in total. The molecule has 2 fully saturated rings. The lowest BCUT2D eigenvalue weighted by Gasteiger charge is -2.23. The topological polar surface area (TPSA) is 52.4 Å². The Kier molecular flexibility index (Phi) is 3.03. The molecule has 3 rings (SSSR count). The first-order chi connectivity index (χ1) is 9.24. The van der Waals surface area contributed by atoms with Crippen LogP contribution in [0.4, 0.5) is 5.69 Å². The molecule has 0 N–H and O–H groups in total. The lowest BCUT2D eigenvalue weighted by Crippen LogP contribution is -2.32. The molecule has 3 heterocycles. The third-order valence-electron chi connectivity index (χ3n) is 4.37. The fourth-order valence-corrected chi connectivity index (χ4v) is 3.33. The number of pyridine rings is 1. The number of fused-ring (bicyclic) bond motifs is 1. The van der Waals surface area contributed by atoms with Crippen molar-refractivity contribution in [2.75, 3.05) is 38.7 Å². The number of methoxy groups -OCH3 is 1. The summed E-state index contributed by atoms with van der Waals surface area (Å²) in [5.74, 6) is 1.14. The van der Waals surface area contributed by atoms with Gasteiger partial charge >= 0.3 is 0 Å². The van der Waals surface area contributed by atoms with Gasteiger partial charge in [-0.25, -0.2) is 4.98 Å². The summed E-state index contributed by atoms with van der Waals surface area (Å²) >= 11 is 0. The van der Waals surface area contributed by atoms with Crippen molar-refractivity contribution in [2.24, 2.45) is 5.92 Å². The number of hydrogen-bond donors (Lipinski definition) is 0. The molecule has 0 radical (unpaired) electrons. The number of ether oxygens (including phenoxy) is 1. The Morgan fingerprint density at radius 1 is 1.47 bits per heavy atom. The van der Waals surface area contributed by atoms with Crippen LogP contribution in [0.25, 0.3) is 0 Å². The highest BCUT2D eigenvalue weighted by Crippen LogP contribution is 2.35. The molecule has 0 unspecified atom stereocenters. The summed E-state index contributed by atoms with van der Waals surface area (Å²) in [6.45, 7) is 3.20. The molecule has 0 bridgehead atoms. The Bertz CT molecular complexity index is 525. The quantitative estimate of drug-likeness (QED) is 0.795. The minimum Gasteiger partial charge on any atom is -0.480 e. The molecule has 1 aromatic rings. The van der Waals surface area contributed by atoms with Crippen molar-refractivity contribution in [1.29, 1.82) is 5.26 Å². The fraction of sp³-hybridized carbons (Fsp3) is 0.571. The highest BCUT2D eigenvalue weighted by molar-refractivity contribution is 5.63. The Hall–Kier alpha value is -1.80. The molecule has 19 heavy (non-hydrogen) atoms. The zero-order valence-electron chi connectivity index (χ0n) is 11.3. The summed E-state index contributed by atoms with van der Waals surface area (Å²) in [4.78, 5) is 8.83. The van der Waals surface area contributed by atoms with Crippen molar-refractivity contribution in [3.8, 4) is 11.9 Å². The van der Waals surface area contributed by atoms with Gasteiger partial charge in [0.15, 0.2) is 0 Å². The molecule has 100 valence electrons. The van der Waals surface area contributed by atoms with Gasteiger partial charge in [-0.15, -0.1) is 0 Å². The van der Waals surface area contributed by atoms with E-state index in [0.717, 1.165) is 24.7 Å². The normalized spacial score (nSPS) is 26.3. The van der Waals surface area contributed by atoms with Crippen molar-refractivity contribution in [1.82, 2.24) is 9.88 Å². The zero-order chi connectivity index (χ0) is 13.4. The Labute approximate surface area is 113 Å². The predicted octanol–water partition coefficient (Wildman–Crippen LogP) is 1.10. The van der Waals surface area contributed by atoms with Gasteiger partial charge in [0.25, 0.3) is 0 Å². The van der Waals surface area contributed by atoms with Crippen molar-refractivity contribution < 1.29 is 4.74 Å². The van der Waals surface area contributed by atoms with Crippen LogP contribution in [0.5, 0.6) is 5.88 Å². The number of aromatic nitrogens is 1. The zero-order valence-corrected chi connectivity index (χ0v) is 11.3. The monoisotopic (exact) mass is 258 g/mol. The SMILES string of the molecule is COc1nccc(N2C[C@@H]3CCN(C)[C@@H]3C2)c1C#N. The van der Waals surface area contributed by atoms with Crippen molar-refractivity contribution >= 4 is 5.69 Å². The lowest BCUT2D eigenvalue weighted by atomic mass is 10.1.